The van der Waals surface area contributed by atoms with E-state index in [2.05, 4.69) is 20.9 Å². The summed E-state index contributed by atoms with van der Waals surface area (Å²) in [4.78, 5) is 15.1. The van der Waals surface area contributed by atoms with E-state index >= 15 is 0 Å². The highest BCUT2D eigenvalue weighted by Gasteiger charge is 2.18. The number of carboxylic acids is 1. The molecule has 5 nitrogen and oxygen atoms in total. The van der Waals surface area contributed by atoms with Crippen molar-refractivity contribution in [1.82, 2.24) is 9.38 Å². The van der Waals surface area contributed by atoms with Gasteiger partial charge in [-0.25, -0.2) is 9.78 Å². The van der Waals surface area contributed by atoms with Gasteiger partial charge in [-0.15, -0.1) is 0 Å². The highest BCUT2D eigenvalue weighted by atomic mass is 79.9. The SMILES string of the molecule is CC(N)c1nc(C(=O)O)c2ccc(Br)cn12. The van der Waals surface area contributed by atoms with E-state index in [1.807, 2.05) is 0 Å². The molecule has 6 heteroatoms. The number of aromatic nitrogens is 2. The minimum absolute atomic E-state index is 0.0276. The molecule has 0 aliphatic rings. The van der Waals surface area contributed by atoms with Crippen molar-refractivity contribution in [2.24, 2.45) is 5.73 Å². The Morgan fingerprint density at radius 3 is 2.88 bits per heavy atom. The number of nitrogens with zero attached hydrogens (tertiary/aromatic N) is 2. The summed E-state index contributed by atoms with van der Waals surface area (Å²) in [5.74, 6) is -0.513. The summed E-state index contributed by atoms with van der Waals surface area (Å²) >= 11 is 3.33. The van der Waals surface area contributed by atoms with Gasteiger partial charge in [0.25, 0.3) is 0 Å². The van der Waals surface area contributed by atoms with Gasteiger partial charge in [-0.3, -0.25) is 0 Å². The van der Waals surface area contributed by atoms with Gasteiger partial charge in [0.1, 0.15) is 5.82 Å². The maximum absolute atomic E-state index is 11.0. The molecule has 16 heavy (non-hydrogen) atoms. The predicted molar refractivity (Wildman–Crippen MR) is 62.5 cm³/mol. The van der Waals surface area contributed by atoms with Gasteiger partial charge in [-0.2, -0.15) is 0 Å². The molecule has 0 saturated heterocycles. The predicted octanol–water partition coefficient (Wildman–Crippen LogP) is 1.81. The first-order valence-corrected chi connectivity index (χ1v) is 5.46. The summed E-state index contributed by atoms with van der Waals surface area (Å²) in [6, 6.07) is 3.15. The molecular weight excluding hydrogens is 274 g/mol. The van der Waals surface area contributed by atoms with E-state index in [4.69, 9.17) is 10.8 Å². The fourth-order valence-corrected chi connectivity index (χ4v) is 1.90. The van der Waals surface area contributed by atoms with Crippen LogP contribution in [-0.2, 0) is 0 Å². The number of hydrogen-bond donors (Lipinski definition) is 2. The molecule has 0 bridgehead atoms. The minimum Gasteiger partial charge on any atom is -0.476 e. The van der Waals surface area contributed by atoms with E-state index in [1.165, 1.54) is 0 Å². The van der Waals surface area contributed by atoms with Crippen LogP contribution in [0, 0.1) is 0 Å². The van der Waals surface area contributed by atoms with E-state index in [1.54, 1.807) is 29.7 Å². The lowest BCUT2D eigenvalue weighted by Crippen LogP contribution is -2.09. The van der Waals surface area contributed by atoms with Crippen molar-refractivity contribution in [2.75, 3.05) is 0 Å². The van der Waals surface area contributed by atoms with Crippen LogP contribution in [0.3, 0.4) is 0 Å². The molecule has 0 radical (unpaired) electrons. The molecule has 2 aromatic heterocycles. The maximum Gasteiger partial charge on any atom is 0.356 e. The van der Waals surface area contributed by atoms with E-state index in [-0.39, 0.29) is 11.7 Å². The molecule has 2 rings (SSSR count). The van der Waals surface area contributed by atoms with Crippen LogP contribution in [-0.4, -0.2) is 20.5 Å². The lowest BCUT2D eigenvalue weighted by molar-refractivity contribution is 0.0693. The molecule has 2 heterocycles. The summed E-state index contributed by atoms with van der Waals surface area (Å²) in [5.41, 5.74) is 6.32. The van der Waals surface area contributed by atoms with Crippen LogP contribution in [0.4, 0.5) is 0 Å². The van der Waals surface area contributed by atoms with Crippen LogP contribution in [0.5, 0.6) is 0 Å². The van der Waals surface area contributed by atoms with Crippen molar-refractivity contribution in [3.63, 3.8) is 0 Å². The van der Waals surface area contributed by atoms with E-state index < -0.39 is 5.97 Å². The number of hydrogen-bond acceptors (Lipinski definition) is 3. The van der Waals surface area contributed by atoms with E-state index in [0.717, 1.165) is 4.47 Å². The smallest absolute Gasteiger partial charge is 0.356 e. The number of pyridine rings is 1. The largest absolute Gasteiger partial charge is 0.476 e. The highest BCUT2D eigenvalue weighted by Crippen LogP contribution is 2.20. The normalized spacial score (nSPS) is 12.9. The lowest BCUT2D eigenvalue weighted by atomic mass is 10.3. The van der Waals surface area contributed by atoms with Gasteiger partial charge in [0.2, 0.25) is 0 Å². The van der Waals surface area contributed by atoms with Gasteiger partial charge in [-0.1, -0.05) is 0 Å². The van der Waals surface area contributed by atoms with Crippen LogP contribution in [0.1, 0.15) is 29.3 Å². The number of nitrogens with two attached hydrogens (primary N) is 1. The second-order valence-electron chi connectivity index (χ2n) is 3.51. The molecule has 0 spiro atoms. The monoisotopic (exact) mass is 283 g/mol. The van der Waals surface area contributed by atoms with Crippen LogP contribution in [0.15, 0.2) is 22.8 Å². The summed E-state index contributed by atoms with van der Waals surface area (Å²) in [7, 11) is 0. The molecule has 0 saturated carbocycles. The van der Waals surface area contributed by atoms with E-state index in [0.29, 0.717) is 11.3 Å². The Labute approximate surface area is 100 Å². The van der Waals surface area contributed by atoms with Gasteiger partial charge in [0.15, 0.2) is 5.69 Å². The van der Waals surface area contributed by atoms with Crippen LogP contribution < -0.4 is 5.73 Å². The summed E-state index contributed by atoms with van der Waals surface area (Å²) < 4.78 is 2.54. The van der Waals surface area contributed by atoms with Crippen LogP contribution in [0.25, 0.3) is 5.52 Å². The van der Waals surface area contributed by atoms with Gasteiger partial charge in [-0.05, 0) is 35.0 Å². The zero-order chi connectivity index (χ0) is 11.9. The molecule has 0 aliphatic carbocycles. The molecule has 0 aromatic carbocycles. The Balaban J connectivity index is 2.81. The highest BCUT2D eigenvalue weighted by molar-refractivity contribution is 9.10. The Kier molecular flexibility index (Phi) is 2.69. The van der Waals surface area contributed by atoms with Gasteiger partial charge in [0.05, 0.1) is 11.6 Å². The molecule has 84 valence electrons. The first-order chi connectivity index (χ1) is 7.50. The quantitative estimate of drug-likeness (QED) is 0.881. The Bertz CT molecular complexity index is 562. The van der Waals surface area contributed by atoms with Crippen molar-refractivity contribution >= 4 is 27.4 Å². The standard InChI is InChI=1S/C10H10BrN3O2/c1-5(12)9-13-8(10(15)16)7-3-2-6(11)4-14(7)9/h2-5H,12H2,1H3,(H,15,16). The number of halogens is 1. The number of rotatable bonds is 2. The average molecular weight is 284 g/mol. The maximum atomic E-state index is 11.0. The third-order valence-corrected chi connectivity index (χ3v) is 2.71. The molecule has 1 atom stereocenters. The van der Waals surface area contributed by atoms with Crippen molar-refractivity contribution in [2.45, 2.75) is 13.0 Å². The zero-order valence-corrected chi connectivity index (χ0v) is 10.1. The number of aromatic carboxylic acids is 1. The number of fused-ring (bicyclic) bond motifs is 1. The molecule has 3 N–H and O–H groups in total. The fraction of sp³-hybridized carbons (Fsp3) is 0.200. The minimum atomic E-state index is -1.05. The molecule has 1 unspecified atom stereocenters. The topological polar surface area (TPSA) is 80.6 Å². The van der Waals surface area contributed by atoms with E-state index in [9.17, 15) is 4.79 Å². The first-order valence-electron chi connectivity index (χ1n) is 4.67. The average Bonchev–Trinajstić information content (AvgIpc) is 2.56. The summed E-state index contributed by atoms with van der Waals surface area (Å²) in [6.07, 6.45) is 1.76. The Morgan fingerprint density at radius 1 is 1.62 bits per heavy atom. The number of carboxylic acid groups (broad SMARTS) is 1. The van der Waals surface area contributed by atoms with Gasteiger partial charge < -0.3 is 15.2 Å². The van der Waals surface area contributed by atoms with Crippen LogP contribution in [0.2, 0.25) is 0 Å². The van der Waals surface area contributed by atoms with Gasteiger partial charge >= 0.3 is 5.97 Å². The first kappa shape index (κ1) is 11.1. The molecular formula is C10H10BrN3O2. The summed E-state index contributed by atoms with van der Waals surface area (Å²) in [5, 5.41) is 9.02. The van der Waals surface area contributed by atoms with Gasteiger partial charge in [0, 0.05) is 10.7 Å². The zero-order valence-electron chi connectivity index (χ0n) is 8.51. The molecule has 0 aliphatic heterocycles. The van der Waals surface area contributed by atoms with Crippen molar-refractivity contribution in [1.29, 1.82) is 0 Å². The van der Waals surface area contributed by atoms with Crippen molar-refractivity contribution in [3.8, 4) is 0 Å². The Morgan fingerprint density at radius 2 is 2.31 bits per heavy atom. The second-order valence-corrected chi connectivity index (χ2v) is 4.43. The lowest BCUT2D eigenvalue weighted by Gasteiger charge is -2.03. The third kappa shape index (κ3) is 1.70. The summed E-state index contributed by atoms with van der Waals surface area (Å²) in [6.45, 7) is 1.77. The molecule has 0 amide bonds. The molecule has 0 fully saturated rings. The van der Waals surface area contributed by atoms with Crippen molar-refractivity contribution in [3.05, 3.63) is 34.3 Å². The second kappa shape index (κ2) is 3.88. The fourth-order valence-electron chi connectivity index (χ4n) is 1.56. The molecule has 2 aromatic rings. The van der Waals surface area contributed by atoms with Crippen LogP contribution >= 0.6 is 15.9 Å². The Hall–Kier alpha value is -1.40. The number of carbonyl (C=O) groups is 1. The van der Waals surface area contributed by atoms with Crippen molar-refractivity contribution < 1.29 is 9.90 Å². The number of imidazole rings is 1. The third-order valence-electron chi connectivity index (χ3n) is 2.24.